The summed E-state index contributed by atoms with van der Waals surface area (Å²) in [6.45, 7) is 9.53. The minimum atomic E-state index is -0.0205. The van der Waals surface area contributed by atoms with E-state index in [1.807, 2.05) is 75.3 Å². The van der Waals surface area contributed by atoms with Gasteiger partial charge in [0.25, 0.3) is 0 Å². The average molecular weight is 507 g/mol. The first-order chi connectivity index (χ1) is 18.3. The van der Waals surface area contributed by atoms with E-state index in [1.54, 1.807) is 12.4 Å². The molecule has 0 aliphatic rings. The Labute approximate surface area is 220 Å². The minimum Gasteiger partial charge on any atom is -0.347 e. The standard InChI is InChI=1S/C29H30N8O/c1-17(2)11-26(38)32-21-12-20(14-31-15-21)19-9-10-23-22(13-19)27(36-35-23)29-33-24-7-6-8-25(28(24)34-29)37(5)16-18(3)30-4/h6-10,12-17H,4,11H2,1-3,5H3,(H,32,38)(H,33,34)(H,35,36)/b18-16-. The zero-order valence-corrected chi connectivity index (χ0v) is 21.9. The molecule has 5 aromatic rings. The molecule has 3 N–H and O–H groups in total. The molecular formula is C29H30N8O. The van der Waals surface area contributed by atoms with Crippen LogP contribution in [0.15, 0.2) is 71.7 Å². The molecular weight excluding hydrogens is 476 g/mol. The fourth-order valence-corrected chi connectivity index (χ4v) is 4.43. The molecule has 0 aliphatic carbocycles. The number of anilines is 2. The predicted molar refractivity (Wildman–Crippen MR) is 154 cm³/mol. The summed E-state index contributed by atoms with van der Waals surface area (Å²) < 4.78 is 0. The summed E-state index contributed by atoms with van der Waals surface area (Å²) in [7, 11) is 1.96. The Hall–Kier alpha value is -4.79. The summed E-state index contributed by atoms with van der Waals surface area (Å²) in [4.78, 5) is 30.9. The molecule has 0 bridgehead atoms. The Morgan fingerprint density at radius 2 is 2.00 bits per heavy atom. The molecule has 3 heterocycles. The number of carbonyl (C=O) groups is 1. The van der Waals surface area contributed by atoms with Gasteiger partial charge in [0.1, 0.15) is 11.2 Å². The fraction of sp³-hybridized carbons (Fsp3) is 0.207. The first-order valence-electron chi connectivity index (χ1n) is 12.4. The molecule has 0 radical (unpaired) electrons. The first-order valence-corrected chi connectivity index (χ1v) is 12.4. The second-order valence-corrected chi connectivity index (χ2v) is 9.74. The Morgan fingerprint density at radius 3 is 2.79 bits per heavy atom. The molecule has 0 spiro atoms. The van der Waals surface area contributed by atoms with Gasteiger partial charge in [-0.1, -0.05) is 26.0 Å². The van der Waals surface area contributed by atoms with Crippen LogP contribution in [-0.2, 0) is 4.79 Å². The van der Waals surface area contributed by atoms with Gasteiger partial charge in [-0.2, -0.15) is 5.10 Å². The van der Waals surface area contributed by atoms with Gasteiger partial charge in [0.2, 0.25) is 5.91 Å². The van der Waals surface area contributed by atoms with Gasteiger partial charge in [0, 0.05) is 36.8 Å². The highest BCUT2D eigenvalue weighted by atomic mass is 16.1. The van der Waals surface area contributed by atoms with E-state index in [1.165, 1.54) is 0 Å². The molecule has 192 valence electrons. The van der Waals surface area contributed by atoms with Crippen molar-refractivity contribution in [1.29, 1.82) is 0 Å². The summed E-state index contributed by atoms with van der Waals surface area (Å²) in [5.74, 6) is 0.931. The summed E-state index contributed by atoms with van der Waals surface area (Å²) in [6.07, 6.45) is 5.83. The molecule has 9 heteroatoms. The quantitative estimate of drug-likeness (QED) is 0.218. The smallest absolute Gasteiger partial charge is 0.224 e. The number of para-hydroxylation sites is 1. The molecule has 0 saturated carbocycles. The normalized spacial score (nSPS) is 11.9. The van der Waals surface area contributed by atoms with Gasteiger partial charge < -0.3 is 15.2 Å². The van der Waals surface area contributed by atoms with Gasteiger partial charge in [-0.25, -0.2) is 4.98 Å². The number of nitrogens with zero attached hydrogens (tertiary/aromatic N) is 5. The van der Waals surface area contributed by atoms with Crippen molar-refractivity contribution >= 4 is 45.9 Å². The lowest BCUT2D eigenvalue weighted by Crippen LogP contribution is -2.13. The van der Waals surface area contributed by atoms with E-state index in [-0.39, 0.29) is 11.8 Å². The number of nitrogens with one attached hydrogen (secondary N) is 3. The lowest BCUT2D eigenvalue weighted by atomic mass is 10.0. The van der Waals surface area contributed by atoms with Gasteiger partial charge >= 0.3 is 0 Å². The summed E-state index contributed by atoms with van der Waals surface area (Å²) in [5.41, 5.74) is 7.63. The largest absolute Gasteiger partial charge is 0.347 e. The number of hydrogen-bond donors (Lipinski definition) is 3. The summed E-state index contributed by atoms with van der Waals surface area (Å²) in [5, 5.41) is 11.6. The molecule has 0 fully saturated rings. The van der Waals surface area contributed by atoms with E-state index in [0.717, 1.165) is 50.1 Å². The number of pyridine rings is 1. The van der Waals surface area contributed by atoms with Crippen LogP contribution in [0.4, 0.5) is 11.4 Å². The molecule has 1 amide bonds. The topological polar surface area (TPSA) is 115 Å². The maximum absolute atomic E-state index is 12.2. The number of imidazole rings is 1. The Morgan fingerprint density at radius 1 is 1.16 bits per heavy atom. The number of benzene rings is 2. The molecule has 0 unspecified atom stereocenters. The third-order valence-corrected chi connectivity index (χ3v) is 6.24. The Bertz CT molecular complexity index is 1680. The van der Waals surface area contributed by atoms with Crippen LogP contribution < -0.4 is 10.2 Å². The lowest BCUT2D eigenvalue weighted by molar-refractivity contribution is -0.116. The van der Waals surface area contributed by atoms with Gasteiger partial charge in [-0.15, -0.1) is 0 Å². The van der Waals surface area contributed by atoms with Crippen LogP contribution in [0.1, 0.15) is 27.2 Å². The third kappa shape index (κ3) is 5.04. The van der Waals surface area contributed by atoms with Crippen LogP contribution in [-0.4, -0.2) is 44.8 Å². The number of amides is 1. The van der Waals surface area contributed by atoms with Crippen molar-refractivity contribution in [2.45, 2.75) is 27.2 Å². The highest BCUT2D eigenvalue weighted by Crippen LogP contribution is 2.33. The Kier molecular flexibility index (Phi) is 6.74. The van der Waals surface area contributed by atoms with Crippen LogP contribution in [0.5, 0.6) is 0 Å². The molecule has 2 aromatic carbocycles. The van der Waals surface area contributed by atoms with Gasteiger partial charge in [-0.05, 0) is 55.5 Å². The zero-order chi connectivity index (χ0) is 26.8. The maximum Gasteiger partial charge on any atom is 0.224 e. The van der Waals surface area contributed by atoms with Crippen molar-refractivity contribution in [3.05, 3.63) is 66.8 Å². The lowest BCUT2D eigenvalue weighted by Gasteiger charge is -2.15. The van der Waals surface area contributed by atoms with E-state index in [9.17, 15) is 4.79 Å². The second-order valence-electron chi connectivity index (χ2n) is 9.74. The van der Waals surface area contributed by atoms with Crippen LogP contribution in [0.3, 0.4) is 0 Å². The van der Waals surface area contributed by atoms with Crippen LogP contribution in [0.25, 0.3) is 44.6 Å². The molecule has 5 rings (SSSR count). The van der Waals surface area contributed by atoms with Crippen molar-refractivity contribution in [2.24, 2.45) is 10.9 Å². The highest BCUT2D eigenvalue weighted by Gasteiger charge is 2.16. The minimum absolute atomic E-state index is 0.0205. The number of carbonyl (C=O) groups excluding carboxylic acids is 1. The summed E-state index contributed by atoms with van der Waals surface area (Å²) in [6, 6.07) is 14.0. The fourth-order valence-electron chi connectivity index (χ4n) is 4.43. The number of aromatic nitrogens is 5. The van der Waals surface area contributed by atoms with E-state index in [4.69, 9.17) is 4.98 Å². The van der Waals surface area contributed by atoms with E-state index >= 15 is 0 Å². The van der Waals surface area contributed by atoms with Crippen LogP contribution in [0, 0.1) is 5.92 Å². The van der Waals surface area contributed by atoms with Crippen molar-refractivity contribution in [1.82, 2.24) is 25.1 Å². The van der Waals surface area contributed by atoms with Gasteiger partial charge in [0.05, 0.1) is 34.3 Å². The predicted octanol–water partition coefficient (Wildman–Crippen LogP) is 6.15. The number of aliphatic imine (C=N–C) groups is 1. The number of allylic oxidation sites excluding steroid dienone is 1. The van der Waals surface area contributed by atoms with Crippen molar-refractivity contribution in [3.63, 3.8) is 0 Å². The van der Waals surface area contributed by atoms with Gasteiger partial charge in [0.15, 0.2) is 5.82 Å². The number of H-pyrrole nitrogens is 2. The maximum atomic E-state index is 12.2. The molecule has 38 heavy (non-hydrogen) atoms. The number of aromatic amines is 2. The second kappa shape index (κ2) is 10.3. The molecule has 3 aromatic heterocycles. The van der Waals surface area contributed by atoms with E-state index in [2.05, 4.69) is 43.3 Å². The van der Waals surface area contributed by atoms with Crippen LogP contribution in [0.2, 0.25) is 0 Å². The Balaban J connectivity index is 1.51. The SMILES string of the molecule is C=N/C(C)=C\N(C)c1cccc2[nH]c(-c3n[nH]c4ccc(-c5cncc(NC(=O)CC(C)C)c5)cc34)nc12. The van der Waals surface area contributed by atoms with E-state index in [0.29, 0.717) is 17.9 Å². The number of rotatable bonds is 8. The molecule has 0 atom stereocenters. The third-order valence-electron chi connectivity index (χ3n) is 6.24. The number of hydrogen-bond acceptors (Lipinski definition) is 6. The zero-order valence-electron chi connectivity index (χ0n) is 21.9. The number of fused-ring (bicyclic) bond motifs is 2. The van der Waals surface area contributed by atoms with Crippen LogP contribution >= 0.6 is 0 Å². The molecule has 0 saturated heterocycles. The van der Waals surface area contributed by atoms with Crippen molar-refractivity contribution in [2.75, 3.05) is 17.3 Å². The van der Waals surface area contributed by atoms with Crippen molar-refractivity contribution < 1.29 is 4.79 Å². The average Bonchev–Trinajstić information content (AvgIpc) is 3.51. The van der Waals surface area contributed by atoms with Gasteiger partial charge in [-0.3, -0.25) is 19.9 Å². The van der Waals surface area contributed by atoms with Crippen molar-refractivity contribution in [3.8, 4) is 22.6 Å². The monoisotopic (exact) mass is 506 g/mol. The molecule has 0 aliphatic heterocycles. The molecule has 9 nitrogen and oxygen atoms in total. The van der Waals surface area contributed by atoms with E-state index < -0.39 is 0 Å². The first kappa shape index (κ1) is 24.9. The summed E-state index contributed by atoms with van der Waals surface area (Å²) >= 11 is 0. The highest BCUT2D eigenvalue weighted by molar-refractivity contribution is 5.98.